The highest BCUT2D eigenvalue weighted by atomic mass is 35.5. The second kappa shape index (κ2) is 7.53. The van der Waals surface area contributed by atoms with Gasteiger partial charge in [0, 0.05) is 37.8 Å². The minimum Gasteiger partial charge on any atom is -0.396 e. The van der Waals surface area contributed by atoms with Crippen LogP contribution in [-0.2, 0) is 20.6 Å². The molecule has 3 aromatic rings. The van der Waals surface area contributed by atoms with Gasteiger partial charge in [-0.05, 0) is 18.6 Å². The van der Waals surface area contributed by atoms with Crippen LogP contribution in [0.25, 0.3) is 11.2 Å². The van der Waals surface area contributed by atoms with Crippen molar-refractivity contribution in [1.82, 2.24) is 18.7 Å². The number of aryl methyl sites for hydroxylation is 1. The quantitative estimate of drug-likeness (QED) is 0.609. The Morgan fingerprint density at radius 3 is 2.67 bits per heavy atom. The van der Waals surface area contributed by atoms with Crippen LogP contribution in [0.15, 0.2) is 27.8 Å². The number of hydrogen-bond donors (Lipinski definition) is 2. The minimum absolute atomic E-state index is 0.0212. The molecule has 3 rings (SSSR count). The van der Waals surface area contributed by atoms with E-state index < -0.39 is 17.1 Å². The third kappa shape index (κ3) is 3.35. The van der Waals surface area contributed by atoms with E-state index in [2.05, 4.69) is 10.3 Å². The molecule has 0 amide bonds. The summed E-state index contributed by atoms with van der Waals surface area (Å²) in [5, 5.41) is 12.2. The lowest BCUT2D eigenvalue weighted by Gasteiger charge is -2.12. The zero-order chi connectivity index (χ0) is 19.7. The third-order valence-electron chi connectivity index (χ3n) is 4.34. The molecule has 0 unspecified atom stereocenters. The smallest absolute Gasteiger partial charge is 0.332 e. The molecule has 2 N–H and O–H groups in total. The van der Waals surface area contributed by atoms with Gasteiger partial charge in [-0.1, -0.05) is 17.7 Å². The Morgan fingerprint density at radius 1 is 1.26 bits per heavy atom. The lowest BCUT2D eigenvalue weighted by molar-refractivity contribution is 0.292. The molecule has 10 heteroatoms. The lowest BCUT2D eigenvalue weighted by Crippen LogP contribution is -2.37. The highest BCUT2D eigenvalue weighted by molar-refractivity contribution is 6.31. The summed E-state index contributed by atoms with van der Waals surface area (Å²) in [4.78, 5) is 29.3. The van der Waals surface area contributed by atoms with E-state index in [4.69, 9.17) is 16.7 Å². The van der Waals surface area contributed by atoms with E-state index >= 15 is 0 Å². The summed E-state index contributed by atoms with van der Waals surface area (Å²) in [6, 6.07) is 4.34. The number of nitrogens with zero attached hydrogens (tertiary/aromatic N) is 4. The Kier molecular flexibility index (Phi) is 5.33. The second-order valence-corrected chi connectivity index (χ2v) is 6.51. The highest BCUT2D eigenvalue weighted by Gasteiger charge is 2.20. The van der Waals surface area contributed by atoms with E-state index in [1.165, 1.54) is 35.4 Å². The average Bonchev–Trinajstić information content (AvgIpc) is 3.00. The summed E-state index contributed by atoms with van der Waals surface area (Å²) in [7, 11) is 2.88. The lowest BCUT2D eigenvalue weighted by atomic mass is 10.2. The normalized spacial score (nSPS) is 11.3. The van der Waals surface area contributed by atoms with Crippen molar-refractivity contribution in [3.8, 4) is 0 Å². The molecule has 0 bridgehead atoms. The van der Waals surface area contributed by atoms with Gasteiger partial charge in [0.15, 0.2) is 11.2 Å². The predicted octanol–water partition coefficient (Wildman–Crippen LogP) is 1.07. The molecule has 0 radical (unpaired) electrons. The Morgan fingerprint density at radius 2 is 2.00 bits per heavy atom. The molecule has 27 heavy (non-hydrogen) atoms. The van der Waals surface area contributed by atoms with Gasteiger partial charge in [-0.3, -0.25) is 18.5 Å². The Labute approximate surface area is 158 Å². The van der Waals surface area contributed by atoms with Crippen molar-refractivity contribution in [2.75, 3.05) is 18.5 Å². The number of aliphatic hydroxyl groups is 1. The van der Waals surface area contributed by atoms with Gasteiger partial charge < -0.3 is 10.4 Å². The number of hydrogen-bond acceptors (Lipinski definition) is 5. The van der Waals surface area contributed by atoms with Crippen LogP contribution in [0.1, 0.15) is 12.0 Å². The maximum atomic E-state index is 14.3. The van der Waals surface area contributed by atoms with Crippen molar-refractivity contribution in [3.63, 3.8) is 0 Å². The molecular formula is C17H19ClFN5O3. The van der Waals surface area contributed by atoms with Crippen molar-refractivity contribution in [2.45, 2.75) is 13.0 Å². The Balaban J connectivity index is 2.26. The number of imidazole rings is 1. The molecule has 8 nitrogen and oxygen atoms in total. The van der Waals surface area contributed by atoms with Crippen molar-refractivity contribution < 1.29 is 9.50 Å². The summed E-state index contributed by atoms with van der Waals surface area (Å²) in [6.45, 7) is 0.322. The number of aliphatic hydroxyl groups excluding tert-OH is 1. The number of benzene rings is 1. The van der Waals surface area contributed by atoms with E-state index in [1.54, 1.807) is 6.07 Å². The number of rotatable bonds is 6. The number of nitrogens with one attached hydrogen (secondary N) is 1. The summed E-state index contributed by atoms with van der Waals surface area (Å²) < 4.78 is 18.0. The first-order valence-corrected chi connectivity index (χ1v) is 8.68. The van der Waals surface area contributed by atoms with Gasteiger partial charge in [0.2, 0.25) is 5.95 Å². The molecule has 0 spiro atoms. The second-order valence-electron chi connectivity index (χ2n) is 6.10. The minimum atomic E-state index is -0.539. The molecule has 1 aromatic carbocycles. The summed E-state index contributed by atoms with van der Waals surface area (Å²) in [6.07, 6.45) is 0.459. The molecule has 0 aliphatic rings. The highest BCUT2D eigenvalue weighted by Crippen LogP contribution is 2.24. The fraction of sp³-hybridized carbons (Fsp3) is 0.353. The van der Waals surface area contributed by atoms with Gasteiger partial charge in [0.05, 0.1) is 6.54 Å². The maximum absolute atomic E-state index is 14.3. The van der Waals surface area contributed by atoms with Crippen LogP contribution in [0, 0.1) is 5.82 Å². The SMILES string of the molecule is Cn1c(=O)c2c(nc(NCCCO)n2Cc2c(F)cccc2Cl)n(C)c1=O. The topological polar surface area (TPSA) is 94.1 Å². The maximum Gasteiger partial charge on any atom is 0.332 e. The van der Waals surface area contributed by atoms with Crippen LogP contribution in [-0.4, -0.2) is 36.9 Å². The van der Waals surface area contributed by atoms with E-state index in [0.29, 0.717) is 13.0 Å². The van der Waals surface area contributed by atoms with E-state index in [-0.39, 0.29) is 40.8 Å². The standard InChI is InChI=1S/C17H19ClFN5O3/c1-22-14-13(15(26)23(2)17(22)27)24(16(21-14)20-7-4-8-25)9-10-11(18)5-3-6-12(10)19/h3,5-6,25H,4,7-9H2,1-2H3,(H,20,21). The van der Waals surface area contributed by atoms with Gasteiger partial charge in [-0.2, -0.15) is 4.98 Å². The van der Waals surface area contributed by atoms with Gasteiger partial charge >= 0.3 is 5.69 Å². The first kappa shape index (κ1) is 19.1. The number of anilines is 1. The van der Waals surface area contributed by atoms with Crippen LogP contribution in [0.3, 0.4) is 0 Å². The van der Waals surface area contributed by atoms with Gasteiger partial charge in [0.1, 0.15) is 5.82 Å². The van der Waals surface area contributed by atoms with Crippen LogP contribution in [0.5, 0.6) is 0 Å². The monoisotopic (exact) mass is 395 g/mol. The van der Waals surface area contributed by atoms with Crippen molar-refractivity contribution in [3.05, 3.63) is 55.4 Å². The molecule has 0 atom stereocenters. The molecule has 0 saturated carbocycles. The van der Waals surface area contributed by atoms with Crippen molar-refractivity contribution in [2.24, 2.45) is 14.1 Å². The number of aromatic nitrogens is 4. The van der Waals surface area contributed by atoms with Crippen LogP contribution < -0.4 is 16.6 Å². The molecule has 2 aromatic heterocycles. The van der Waals surface area contributed by atoms with Gasteiger partial charge in [0.25, 0.3) is 5.56 Å². The fourth-order valence-corrected chi connectivity index (χ4v) is 3.08. The molecular weight excluding hydrogens is 377 g/mol. The summed E-state index contributed by atoms with van der Waals surface area (Å²) in [5.74, 6) is -0.219. The largest absolute Gasteiger partial charge is 0.396 e. The first-order chi connectivity index (χ1) is 12.9. The molecule has 0 saturated heterocycles. The Hall–Kier alpha value is -2.65. The van der Waals surface area contributed by atoms with Gasteiger partial charge in [-0.15, -0.1) is 0 Å². The molecule has 2 heterocycles. The fourth-order valence-electron chi connectivity index (χ4n) is 2.86. The average molecular weight is 396 g/mol. The summed E-state index contributed by atoms with van der Waals surface area (Å²) >= 11 is 6.14. The summed E-state index contributed by atoms with van der Waals surface area (Å²) in [5.41, 5.74) is -0.502. The zero-order valence-corrected chi connectivity index (χ0v) is 15.6. The molecule has 0 aliphatic heterocycles. The zero-order valence-electron chi connectivity index (χ0n) is 14.9. The number of fused-ring (bicyclic) bond motifs is 1. The molecule has 144 valence electrons. The van der Waals surface area contributed by atoms with Crippen molar-refractivity contribution >= 4 is 28.7 Å². The van der Waals surface area contributed by atoms with E-state index in [9.17, 15) is 14.0 Å². The third-order valence-corrected chi connectivity index (χ3v) is 4.70. The van der Waals surface area contributed by atoms with Crippen LogP contribution in [0.4, 0.5) is 10.3 Å². The first-order valence-electron chi connectivity index (χ1n) is 8.30. The molecule has 0 fully saturated rings. The Bertz CT molecular complexity index is 1100. The van der Waals surface area contributed by atoms with Crippen LogP contribution in [0.2, 0.25) is 5.02 Å². The number of halogens is 2. The predicted molar refractivity (Wildman–Crippen MR) is 101 cm³/mol. The van der Waals surface area contributed by atoms with E-state index in [0.717, 1.165) is 4.57 Å². The van der Waals surface area contributed by atoms with Gasteiger partial charge in [-0.25, -0.2) is 9.18 Å². The van der Waals surface area contributed by atoms with Crippen LogP contribution >= 0.6 is 11.6 Å². The van der Waals surface area contributed by atoms with E-state index in [1.807, 2.05) is 0 Å². The molecule has 0 aliphatic carbocycles. The van der Waals surface area contributed by atoms with Crippen molar-refractivity contribution in [1.29, 1.82) is 0 Å².